The van der Waals surface area contributed by atoms with Crippen LogP contribution in [0.3, 0.4) is 0 Å². The zero-order valence-electron chi connectivity index (χ0n) is 9.83. The monoisotopic (exact) mass is 318 g/mol. The molecule has 3 nitrogen and oxygen atoms in total. The van der Waals surface area contributed by atoms with Gasteiger partial charge in [0.15, 0.2) is 0 Å². The molecule has 104 valence electrons. The molecule has 0 aromatic rings. The molecule has 17 heavy (non-hydrogen) atoms. The second-order valence-electron chi connectivity index (χ2n) is 3.34. The molecule has 0 rings (SSSR count). The molecule has 0 aliphatic rings. The summed E-state index contributed by atoms with van der Waals surface area (Å²) in [6, 6.07) is 0. The van der Waals surface area contributed by atoms with E-state index in [1.54, 1.807) is 35.3 Å². The second kappa shape index (κ2) is 13.7. The van der Waals surface area contributed by atoms with E-state index in [1.165, 1.54) is 0 Å². The first kappa shape index (κ1) is 18.3. The van der Waals surface area contributed by atoms with Gasteiger partial charge in [-0.1, -0.05) is 0 Å². The Bertz CT molecular complexity index is 162. The molecule has 0 aliphatic carbocycles. The van der Waals surface area contributed by atoms with E-state index in [0.29, 0.717) is 0 Å². The third-order valence-electron chi connectivity index (χ3n) is 1.91. The zero-order chi connectivity index (χ0) is 12.9. The van der Waals surface area contributed by atoms with Gasteiger partial charge in [-0.05, 0) is 5.75 Å². The highest BCUT2D eigenvalue weighted by Crippen LogP contribution is 2.22. The molecule has 2 unspecified atom stereocenters. The van der Waals surface area contributed by atoms with Crippen LogP contribution in [0, 0.1) is 0 Å². The van der Waals surface area contributed by atoms with Crippen molar-refractivity contribution in [3.8, 4) is 0 Å². The van der Waals surface area contributed by atoms with Crippen molar-refractivity contribution in [2.45, 2.75) is 10.5 Å². The Hall–Kier alpha value is 1.28. The maximum absolute atomic E-state index is 9.21. The molecule has 0 radical (unpaired) electrons. The molecule has 0 saturated carbocycles. The number of rotatable bonds is 12. The molecule has 0 spiro atoms. The predicted molar refractivity (Wildman–Crippen MR) is 84.9 cm³/mol. The van der Waals surface area contributed by atoms with E-state index in [0.717, 1.165) is 28.8 Å². The van der Waals surface area contributed by atoms with E-state index < -0.39 is 0 Å². The lowest BCUT2D eigenvalue weighted by Gasteiger charge is -2.17. The Kier molecular flexibility index (Phi) is 14.7. The Morgan fingerprint density at radius 2 is 1.53 bits per heavy atom. The van der Waals surface area contributed by atoms with Crippen LogP contribution in [0.4, 0.5) is 0 Å². The van der Waals surface area contributed by atoms with Crippen molar-refractivity contribution in [3.05, 3.63) is 0 Å². The predicted octanol–water partition coefficient (Wildman–Crippen LogP) is 0.830. The van der Waals surface area contributed by atoms with Crippen LogP contribution >= 0.6 is 47.9 Å². The van der Waals surface area contributed by atoms with Gasteiger partial charge in [-0.3, -0.25) is 0 Å². The van der Waals surface area contributed by atoms with E-state index >= 15 is 0 Å². The average molecular weight is 319 g/mol. The van der Waals surface area contributed by atoms with Crippen molar-refractivity contribution in [2.24, 2.45) is 0 Å². The number of thioether (sulfide) groups is 3. The normalized spacial score (nSPS) is 14.8. The highest BCUT2D eigenvalue weighted by Gasteiger charge is 2.13. The molecule has 0 saturated heterocycles. The van der Waals surface area contributed by atoms with Crippen LogP contribution in [0.2, 0.25) is 0 Å². The van der Waals surface area contributed by atoms with Crippen LogP contribution in [0.1, 0.15) is 0 Å². The first-order valence-electron chi connectivity index (χ1n) is 5.52. The maximum atomic E-state index is 9.21. The molecule has 0 aromatic carbocycles. The van der Waals surface area contributed by atoms with E-state index in [4.69, 9.17) is 5.11 Å². The molecule has 0 bridgehead atoms. The standard InChI is InChI=1S/C10H22O3S4/c11-1-3-15-7-9(5-12)17-8-10(6-13)16-4-2-14/h9-14H,1-8H2. The van der Waals surface area contributed by atoms with E-state index in [2.05, 4.69) is 12.6 Å². The van der Waals surface area contributed by atoms with Gasteiger partial charge in [0.25, 0.3) is 0 Å². The lowest BCUT2D eigenvalue weighted by Crippen LogP contribution is -2.19. The highest BCUT2D eigenvalue weighted by atomic mass is 32.2. The first-order chi connectivity index (χ1) is 8.28. The van der Waals surface area contributed by atoms with Gasteiger partial charge in [-0.15, -0.1) is 0 Å². The van der Waals surface area contributed by atoms with Gasteiger partial charge in [-0.2, -0.15) is 47.9 Å². The summed E-state index contributed by atoms with van der Waals surface area (Å²) in [7, 11) is 0. The number of hydrogen-bond donors (Lipinski definition) is 4. The van der Waals surface area contributed by atoms with Gasteiger partial charge in [-0.25, -0.2) is 0 Å². The first-order valence-corrected chi connectivity index (χ1v) is 9.41. The minimum atomic E-state index is 0.151. The molecule has 0 aliphatic heterocycles. The molecule has 0 heterocycles. The summed E-state index contributed by atoms with van der Waals surface area (Å²) in [5.41, 5.74) is 0. The molecular formula is C10H22O3S4. The molecular weight excluding hydrogens is 296 g/mol. The average Bonchev–Trinajstić information content (AvgIpc) is 2.36. The van der Waals surface area contributed by atoms with Crippen molar-refractivity contribution >= 4 is 47.9 Å². The quantitative estimate of drug-likeness (QED) is 0.316. The largest absolute Gasteiger partial charge is 0.396 e. The Balaban J connectivity index is 3.69. The molecule has 0 amide bonds. The summed E-state index contributed by atoms with van der Waals surface area (Å²) in [6.45, 7) is 0.510. The maximum Gasteiger partial charge on any atom is 0.0558 e. The van der Waals surface area contributed by atoms with Crippen molar-refractivity contribution < 1.29 is 15.3 Å². The van der Waals surface area contributed by atoms with Crippen molar-refractivity contribution in [3.63, 3.8) is 0 Å². The number of hydrogen-bond acceptors (Lipinski definition) is 7. The highest BCUT2D eigenvalue weighted by molar-refractivity contribution is 8.05. The second-order valence-corrected chi connectivity index (χ2v) is 7.67. The lowest BCUT2D eigenvalue weighted by atomic mass is 10.5. The van der Waals surface area contributed by atoms with E-state index in [9.17, 15) is 10.2 Å². The van der Waals surface area contributed by atoms with Crippen LogP contribution in [0.15, 0.2) is 0 Å². The smallest absolute Gasteiger partial charge is 0.0558 e. The minimum absolute atomic E-state index is 0.151. The molecule has 3 N–H and O–H groups in total. The van der Waals surface area contributed by atoms with Gasteiger partial charge >= 0.3 is 0 Å². The van der Waals surface area contributed by atoms with E-state index in [-0.39, 0.29) is 30.3 Å². The fourth-order valence-electron chi connectivity index (χ4n) is 1.05. The number of aliphatic hydroxyl groups excluding tert-OH is 3. The number of aliphatic hydroxyl groups is 3. The summed E-state index contributed by atoms with van der Waals surface area (Å²) in [6.07, 6.45) is 0. The van der Waals surface area contributed by atoms with Gasteiger partial charge < -0.3 is 15.3 Å². The summed E-state index contributed by atoms with van der Waals surface area (Å²) < 4.78 is 0. The van der Waals surface area contributed by atoms with E-state index in [1.807, 2.05) is 0 Å². The summed E-state index contributed by atoms with van der Waals surface area (Å²) in [5, 5.41) is 27.5. The van der Waals surface area contributed by atoms with Gasteiger partial charge in [0.05, 0.1) is 19.8 Å². The van der Waals surface area contributed by atoms with Crippen LogP contribution < -0.4 is 0 Å². The third kappa shape index (κ3) is 10.9. The van der Waals surface area contributed by atoms with Crippen LogP contribution in [-0.4, -0.2) is 74.4 Å². The number of thiol groups is 1. The summed E-state index contributed by atoms with van der Waals surface area (Å²) in [4.78, 5) is 0. The SMILES string of the molecule is OCCSCC(CO)SCC(CO)SCCS. The van der Waals surface area contributed by atoms with Crippen molar-refractivity contribution in [1.82, 2.24) is 0 Å². The molecule has 0 aromatic heterocycles. The summed E-state index contributed by atoms with van der Waals surface area (Å²) in [5.74, 6) is 4.17. The van der Waals surface area contributed by atoms with Crippen molar-refractivity contribution in [2.75, 3.05) is 48.6 Å². The van der Waals surface area contributed by atoms with Gasteiger partial charge in [0.1, 0.15) is 0 Å². The lowest BCUT2D eigenvalue weighted by molar-refractivity contribution is 0.297. The Labute approximate surface area is 122 Å². The Morgan fingerprint density at radius 1 is 0.882 bits per heavy atom. The molecule has 2 atom stereocenters. The topological polar surface area (TPSA) is 60.7 Å². The van der Waals surface area contributed by atoms with Crippen LogP contribution in [-0.2, 0) is 0 Å². The van der Waals surface area contributed by atoms with Crippen LogP contribution in [0.5, 0.6) is 0 Å². The fraction of sp³-hybridized carbons (Fsp3) is 1.00. The molecule has 0 fully saturated rings. The van der Waals surface area contributed by atoms with Gasteiger partial charge in [0, 0.05) is 33.5 Å². The van der Waals surface area contributed by atoms with Gasteiger partial charge in [0.2, 0.25) is 0 Å². The summed E-state index contributed by atoms with van der Waals surface area (Å²) >= 11 is 9.22. The Morgan fingerprint density at radius 3 is 2.06 bits per heavy atom. The van der Waals surface area contributed by atoms with Crippen molar-refractivity contribution in [1.29, 1.82) is 0 Å². The third-order valence-corrected chi connectivity index (χ3v) is 6.58. The molecule has 7 heteroatoms. The van der Waals surface area contributed by atoms with Crippen LogP contribution in [0.25, 0.3) is 0 Å². The minimum Gasteiger partial charge on any atom is -0.396 e. The zero-order valence-corrected chi connectivity index (χ0v) is 13.2. The fourth-order valence-corrected chi connectivity index (χ4v) is 4.57.